The molecule has 0 aromatic carbocycles. The van der Waals surface area contributed by atoms with E-state index in [-0.39, 0.29) is 5.91 Å². The molecule has 1 aliphatic rings. The van der Waals surface area contributed by atoms with Gasteiger partial charge in [0.25, 0.3) is 5.91 Å². The van der Waals surface area contributed by atoms with Gasteiger partial charge in [-0.1, -0.05) is 6.08 Å². The van der Waals surface area contributed by atoms with Crippen LogP contribution in [0.3, 0.4) is 0 Å². The van der Waals surface area contributed by atoms with Crippen molar-refractivity contribution < 1.29 is 13.9 Å². The molecule has 0 bridgehead atoms. The molecule has 2 heterocycles. The second-order valence-corrected chi connectivity index (χ2v) is 5.45. The molecule has 1 saturated heterocycles. The fourth-order valence-corrected chi connectivity index (χ4v) is 2.51. The minimum Gasteiger partial charge on any atom is -0.444 e. The summed E-state index contributed by atoms with van der Waals surface area (Å²) < 4.78 is 11.3. The zero-order valence-corrected chi connectivity index (χ0v) is 12.4. The molecule has 1 fully saturated rings. The quantitative estimate of drug-likeness (QED) is 0.616. The molecule has 1 amide bonds. The highest BCUT2D eigenvalue weighted by molar-refractivity contribution is 9.10. The highest BCUT2D eigenvalue weighted by Crippen LogP contribution is 2.21. The number of ether oxygens (including phenoxy) is 1. The maximum absolute atomic E-state index is 12.1. The number of rotatable bonds is 5. The van der Waals surface area contributed by atoms with Gasteiger partial charge in [0.15, 0.2) is 10.4 Å². The van der Waals surface area contributed by atoms with Crippen molar-refractivity contribution in [3.63, 3.8) is 0 Å². The van der Waals surface area contributed by atoms with E-state index in [1.54, 1.807) is 18.2 Å². The number of hydrogen-bond acceptors (Lipinski definition) is 3. The average molecular weight is 328 g/mol. The molecule has 19 heavy (non-hydrogen) atoms. The molecule has 0 unspecified atom stereocenters. The van der Waals surface area contributed by atoms with Gasteiger partial charge in [0.2, 0.25) is 0 Å². The maximum Gasteiger partial charge on any atom is 0.289 e. The van der Waals surface area contributed by atoms with Crippen LogP contribution in [-0.4, -0.2) is 37.1 Å². The standard InChI is InChI=1S/C14H18BrNO3/c1-2-9-18-10-11-5-7-16(8-6-11)14(17)12-3-4-13(15)19-12/h2-4,11H,1,5-10H2. The molecule has 2 rings (SSSR count). The fraction of sp³-hybridized carbons (Fsp3) is 0.500. The number of halogens is 1. The van der Waals surface area contributed by atoms with Crippen LogP contribution >= 0.6 is 15.9 Å². The van der Waals surface area contributed by atoms with E-state index in [9.17, 15) is 4.79 Å². The Labute approximate surface area is 121 Å². The second kappa shape index (κ2) is 6.91. The van der Waals surface area contributed by atoms with Gasteiger partial charge in [0, 0.05) is 19.7 Å². The van der Waals surface area contributed by atoms with Gasteiger partial charge in [-0.05, 0) is 46.8 Å². The average Bonchev–Trinajstić information content (AvgIpc) is 2.86. The third-order valence-electron chi connectivity index (χ3n) is 3.27. The third kappa shape index (κ3) is 3.94. The first kappa shape index (κ1) is 14.3. The molecule has 1 aromatic heterocycles. The first-order valence-corrected chi connectivity index (χ1v) is 7.23. The summed E-state index contributed by atoms with van der Waals surface area (Å²) >= 11 is 3.21. The fourth-order valence-electron chi connectivity index (χ4n) is 2.21. The van der Waals surface area contributed by atoms with Gasteiger partial charge < -0.3 is 14.1 Å². The molecule has 0 N–H and O–H groups in total. The van der Waals surface area contributed by atoms with Gasteiger partial charge in [-0.3, -0.25) is 4.79 Å². The molecule has 4 nitrogen and oxygen atoms in total. The topological polar surface area (TPSA) is 42.7 Å². The Hall–Kier alpha value is -1.07. The van der Waals surface area contributed by atoms with Crippen molar-refractivity contribution in [2.45, 2.75) is 12.8 Å². The zero-order chi connectivity index (χ0) is 13.7. The highest BCUT2D eigenvalue weighted by Gasteiger charge is 2.25. The van der Waals surface area contributed by atoms with Gasteiger partial charge in [-0.15, -0.1) is 6.58 Å². The van der Waals surface area contributed by atoms with Crippen LogP contribution < -0.4 is 0 Å². The van der Waals surface area contributed by atoms with Crippen LogP contribution in [0.2, 0.25) is 0 Å². The molecule has 0 spiro atoms. The van der Waals surface area contributed by atoms with E-state index in [1.165, 1.54) is 0 Å². The summed E-state index contributed by atoms with van der Waals surface area (Å²) in [5, 5.41) is 0. The summed E-state index contributed by atoms with van der Waals surface area (Å²) in [4.78, 5) is 14.0. The Bertz CT molecular complexity index is 436. The van der Waals surface area contributed by atoms with Gasteiger partial charge in [-0.25, -0.2) is 0 Å². The van der Waals surface area contributed by atoms with Crippen molar-refractivity contribution in [3.8, 4) is 0 Å². The normalized spacial score (nSPS) is 16.6. The first-order valence-electron chi connectivity index (χ1n) is 6.44. The van der Waals surface area contributed by atoms with E-state index in [4.69, 9.17) is 9.15 Å². The number of likely N-dealkylation sites (tertiary alicyclic amines) is 1. The monoisotopic (exact) mass is 327 g/mol. The summed E-state index contributed by atoms with van der Waals surface area (Å²) in [7, 11) is 0. The van der Waals surface area contributed by atoms with Crippen LogP contribution in [0.5, 0.6) is 0 Å². The number of furan rings is 1. The summed E-state index contributed by atoms with van der Waals surface area (Å²) in [6.07, 6.45) is 3.71. The van der Waals surface area contributed by atoms with E-state index in [2.05, 4.69) is 22.5 Å². The Morgan fingerprint density at radius 3 is 2.84 bits per heavy atom. The minimum atomic E-state index is -0.0313. The lowest BCUT2D eigenvalue weighted by Crippen LogP contribution is -2.39. The molecule has 0 atom stereocenters. The second-order valence-electron chi connectivity index (χ2n) is 4.67. The van der Waals surface area contributed by atoms with Gasteiger partial charge in [0.05, 0.1) is 6.61 Å². The largest absolute Gasteiger partial charge is 0.444 e. The number of amides is 1. The number of nitrogens with zero attached hydrogens (tertiary/aromatic N) is 1. The van der Waals surface area contributed by atoms with Crippen LogP contribution in [0.15, 0.2) is 33.9 Å². The SMILES string of the molecule is C=CCOCC1CCN(C(=O)c2ccc(Br)o2)CC1. The van der Waals surface area contributed by atoms with Crippen molar-refractivity contribution in [2.24, 2.45) is 5.92 Å². The molecular formula is C14H18BrNO3. The number of piperidine rings is 1. The molecular weight excluding hydrogens is 310 g/mol. The summed E-state index contributed by atoms with van der Waals surface area (Å²) in [6, 6.07) is 3.44. The van der Waals surface area contributed by atoms with E-state index in [1.807, 2.05) is 4.90 Å². The number of hydrogen-bond donors (Lipinski definition) is 0. The van der Waals surface area contributed by atoms with E-state index in [0.717, 1.165) is 32.5 Å². The minimum absolute atomic E-state index is 0.0313. The molecule has 0 aliphatic carbocycles. The van der Waals surface area contributed by atoms with Gasteiger partial charge in [-0.2, -0.15) is 0 Å². The van der Waals surface area contributed by atoms with Crippen LogP contribution in [0.25, 0.3) is 0 Å². The van der Waals surface area contributed by atoms with E-state index < -0.39 is 0 Å². The summed E-state index contributed by atoms with van der Waals surface area (Å²) in [5.41, 5.74) is 0. The Kier molecular flexibility index (Phi) is 5.22. The van der Waals surface area contributed by atoms with Gasteiger partial charge in [0.1, 0.15) is 0 Å². The molecule has 104 valence electrons. The zero-order valence-electron chi connectivity index (χ0n) is 10.8. The summed E-state index contributed by atoms with van der Waals surface area (Å²) in [6.45, 7) is 6.50. The predicted molar refractivity (Wildman–Crippen MR) is 76.1 cm³/mol. The van der Waals surface area contributed by atoms with Crippen molar-refractivity contribution in [1.29, 1.82) is 0 Å². The van der Waals surface area contributed by atoms with Crippen LogP contribution in [0.1, 0.15) is 23.4 Å². The lowest BCUT2D eigenvalue weighted by molar-refractivity contribution is 0.0549. The number of carbonyl (C=O) groups is 1. The van der Waals surface area contributed by atoms with Crippen LogP contribution in [0.4, 0.5) is 0 Å². The Morgan fingerprint density at radius 2 is 2.26 bits per heavy atom. The maximum atomic E-state index is 12.1. The first-order chi connectivity index (χ1) is 9.20. The lowest BCUT2D eigenvalue weighted by Gasteiger charge is -2.31. The van der Waals surface area contributed by atoms with Crippen molar-refractivity contribution in [2.75, 3.05) is 26.3 Å². The Morgan fingerprint density at radius 1 is 1.53 bits per heavy atom. The van der Waals surface area contributed by atoms with Crippen molar-refractivity contribution in [3.05, 3.63) is 35.2 Å². The molecule has 0 saturated carbocycles. The van der Waals surface area contributed by atoms with Crippen LogP contribution in [-0.2, 0) is 4.74 Å². The predicted octanol–water partition coefficient (Wildman–Crippen LogP) is 3.10. The van der Waals surface area contributed by atoms with Crippen molar-refractivity contribution in [1.82, 2.24) is 4.90 Å². The molecule has 5 heteroatoms. The highest BCUT2D eigenvalue weighted by atomic mass is 79.9. The number of carbonyl (C=O) groups excluding carboxylic acids is 1. The van der Waals surface area contributed by atoms with E-state index in [0.29, 0.717) is 23.0 Å². The van der Waals surface area contributed by atoms with Gasteiger partial charge >= 0.3 is 0 Å². The molecule has 1 aliphatic heterocycles. The summed E-state index contributed by atoms with van der Waals surface area (Å²) in [5.74, 6) is 0.900. The smallest absolute Gasteiger partial charge is 0.289 e. The Balaban J connectivity index is 1.79. The molecule has 0 radical (unpaired) electrons. The molecule has 1 aromatic rings. The van der Waals surface area contributed by atoms with E-state index >= 15 is 0 Å². The lowest BCUT2D eigenvalue weighted by atomic mass is 9.97. The van der Waals surface area contributed by atoms with Crippen molar-refractivity contribution >= 4 is 21.8 Å². The van der Waals surface area contributed by atoms with Crippen LogP contribution in [0, 0.1) is 5.92 Å². The third-order valence-corrected chi connectivity index (χ3v) is 3.70.